The summed E-state index contributed by atoms with van der Waals surface area (Å²) in [6.45, 7) is 2.84. The highest BCUT2D eigenvalue weighted by Gasteiger charge is 2.21. The zero-order valence-corrected chi connectivity index (χ0v) is 12.2. The molecule has 0 bridgehead atoms. The van der Waals surface area contributed by atoms with Crippen LogP contribution in [0.25, 0.3) is 10.9 Å². The maximum atomic E-state index is 10.3. The minimum Gasteiger partial charge on any atom is -0.398 e. The molecule has 1 atom stereocenters. The number of fused-ring (bicyclic) bond motifs is 1. The number of pyridine rings is 1. The molecule has 5 heteroatoms. The van der Waals surface area contributed by atoms with Crippen LogP contribution >= 0.6 is 0 Å². The van der Waals surface area contributed by atoms with Gasteiger partial charge < -0.3 is 21.1 Å². The number of nitrogen functional groups attached to an aromatic ring is 1. The Morgan fingerprint density at radius 1 is 1.35 bits per heavy atom. The average Bonchev–Trinajstić information content (AvgIpc) is 2.37. The predicted molar refractivity (Wildman–Crippen MR) is 83.8 cm³/mol. The van der Waals surface area contributed by atoms with E-state index in [0.717, 1.165) is 16.6 Å². The van der Waals surface area contributed by atoms with E-state index in [4.69, 9.17) is 5.73 Å². The van der Waals surface area contributed by atoms with Crippen molar-refractivity contribution in [3.8, 4) is 0 Å². The number of benzene rings is 1. The second kappa shape index (κ2) is 5.64. The lowest BCUT2D eigenvalue weighted by Gasteiger charge is -2.27. The highest BCUT2D eigenvalue weighted by molar-refractivity contribution is 5.98. The van der Waals surface area contributed by atoms with Crippen LogP contribution in [-0.2, 0) is 0 Å². The summed E-state index contributed by atoms with van der Waals surface area (Å²) in [5.74, 6) is 0. The van der Waals surface area contributed by atoms with Crippen molar-refractivity contribution < 1.29 is 5.11 Å². The van der Waals surface area contributed by atoms with E-state index in [9.17, 15) is 5.11 Å². The highest BCUT2D eigenvalue weighted by Crippen LogP contribution is 2.26. The lowest BCUT2D eigenvalue weighted by Crippen LogP contribution is -2.43. The summed E-state index contributed by atoms with van der Waals surface area (Å²) in [6, 6.07) is 7.56. The Bertz CT molecular complexity index is 595. The highest BCUT2D eigenvalue weighted by atomic mass is 16.3. The van der Waals surface area contributed by atoms with Gasteiger partial charge in [0.25, 0.3) is 0 Å². The van der Waals surface area contributed by atoms with E-state index < -0.39 is 5.60 Å². The van der Waals surface area contributed by atoms with Crippen molar-refractivity contribution in [3.05, 3.63) is 30.5 Å². The van der Waals surface area contributed by atoms with Crippen LogP contribution in [0.15, 0.2) is 30.5 Å². The van der Waals surface area contributed by atoms with Crippen LogP contribution < -0.4 is 11.1 Å². The average molecular weight is 274 g/mol. The number of nitrogens with zero attached hydrogens (tertiary/aromatic N) is 2. The summed E-state index contributed by atoms with van der Waals surface area (Å²) in [5.41, 5.74) is 7.55. The lowest BCUT2D eigenvalue weighted by atomic mass is 10.1. The van der Waals surface area contributed by atoms with E-state index in [0.29, 0.717) is 18.8 Å². The predicted octanol–water partition coefficient (Wildman–Crippen LogP) is 1.54. The summed E-state index contributed by atoms with van der Waals surface area (Å²) < 4.78 is 0. The van der Waals surface area contributed by atoms with Gasteiger partial charge in [-0.2, -0.15) is 0 Å². The van der Waals surface area contributed by atoms with Crippen LogP contribution in [0.2, 0.25) is 0 Å². The molecular weight excluding hydrogens is 252 g/mol. The maximum absolute atomic E-state index is 10.3. The first-order chi connectivity index (χ1) is 9.39. The van der Waals surface area contributed by atoms with Crippen molar-refractivity contribution in [2.45, 2.75) is 12.5 Å². The first-order valence-corrected chi connectivity index (χ1v) is 6.63. The first kappa shape index (κ1) is 14.6. The Morgan fingerprint density at radius 3 is 2.80 bits per heavy atom. The Hall–Kier alpha value is -1.85. The number of aliphatic hydroxyl groups is 1. The van der Waals surface area contributed by atoms with Crippen LogP contribution in [0, 0.1) is 0 Å². The summed E-state index contributed by atoms with van der Waals surface area (Å²) in [6.07, 6.45) is 1.74. The molecule has 4 N–H and O–H groups in total. The van der Waals surface area contributed by atoms with Crippen LogP contribution in [0.1, 0.15) is 6.92 Å². The largest absolute Gasteiger partial charge is 0.398 e. The zero-order valence-electron chi connectivity index (χ0n) is 12.2. The number of rotatable bonds is 5. The van der Waals surface area contributed by atoms with E-state index in [1.165, 1.54) is 0 Å². The van der Waals surface area contributed by atoms with Crippen LogP contribution in [0.5, 0.6) is 0 Å². The summed E-state index contributed by atoms with van der Waals surface area (Å²) in [4.78, 5) is 6.33. The second-order valence-electron chi connectivity index (χ2n) is 5.69. The third kappa shape index (κ3) is 3.37. The van der Waals surface area contributed by atoms with E-state index >= 15 is 0 Å². The fourth-order valence-corrected chi connectivity index (χ4v) is 2.36. The molecule has 0 amide bonds. The normalized spacial score (nSPS) is 14.4. The molecule has 20 heavy (non-hydrogen) atoms. The van der Waals surface area contributed by atoms with Gasteiger partial charge in [0.05, 0.1) is 16.8 Å². The van der Waals surface area contributed by atoms with Crippen molar-refractivity contribution in [1.29, 1.82) is 0 Å². The van der Waals surface area contributed by atoms with Crippen LogP contribution in [0.4, 0.5) is 11.4 Å². The topological polar surface area (TPSA) is 74.4 Å². The minimum atomic E-state index is -0.814. The number of aromatic nitrogens is 1. The molecule has 2 aromatic rings. The minimum absolute atomic E-state index is 0.445. The van der Waals surface area contributed by atoms with Gasteiger partial charge in [-0.15, -0.1) is 0 Å². The Labute approximate surface area is 119 Å². The first-order valence-electron chi connectivity index (χ1n) is 6.63. The van der Waals surface area contributed by atoms with Gasteiger partial charge in [-0.05, 0) is 45.3 Å². The molecule has 5 nitrogen and oxygen atoms in total. The van der Waals surface area contributed by atoms with E-state index in [2.05, 4.69) is 10.3 Å². The third-order valence-corrected chi connectivity index (χ3v) is 3.12. The van der Waals surface area contributed by atoms with Gasteiger partial charge in [-0.3, -0.25) is 4.98 Å². The molecule has 1 aromatic heterocycles. The van der Waals surface area contributed by atoms with Crippen LogP contribution in [-0.4, -0.2) is 47.8 Å². The van der Waals surface area contributed by atoms with Crippen molar-refractivity contribution in [2.24, 2.45) is 0 Å². The second-order valence-corrected chi connectivity index (χ2v) is 5.69. The van der Waals surface area contributed by atoms with Crippen molar-refractivity contribution >= 4 is 22.3 Å². The molecule has 0 saturated carbocycles. The Kier molecular flexibility index (Phi) is 4.11. The molecule has 0 spiro atoms. The molecule has 1 heterocycles. The van der Waals surface area contributed by atoms with Crippen LogP contribution in [0.3, 0.4) is 0 Å². The zero-order chi connectivity index (χ0) is 14.8. The van der Waals surface area contributed by atoms with Crippen molar-refractivity contribution in [2.75, 3.05) is 38.2 Å². The van der Waals surface area contributed by atoms with Gasteiger partial charge in [0.2, 0.25) is 0 Å². The summed E-state index contributed by atoms with van der Waals surface area (Å²) >= 11 is 0. The Morgan fingerprint density at radius 2 is 2.10 bits per heavy atom. The Balaban J connectivity index is 2.21. The fourth-order valence-electron chi connectivity index (χ4n) is 2.36. The number of likely N-dealkylation sites (N-methyl/N-ethyl adjacent to an activating group) is 1. The summed E-state index contributed by atoms with van der Waals surface area (Å²) in [5, 5.41) is 14.5. The van der Waals surface area contributed by atoms with Gasteiger partial charge in [0, 0.05) is 30.4 Å². The third-order valence-electron chi connectivity index (χ3n) is 3.12. The molecule has 0 aliphatic carbocycles. The van der Waals surface area contributed by atoms with Gasteiger partial charge in [0.15, 0.2) is 0 Å². The molecule has 0 saturated heterocycles. The lowest BCUT2D eigenvalue weighted by molar-refractivity contribution is 0.0460. The molecule has 0 radical (unpaired) electrons. The number of hydrogen-bond acceptors (Lipinski definition) is 5. The van der Waals surface area contributed by atoms with Crippen molar-refractivity contribution in [3.63, 3.8) is 0 Å². The molecule has 2 rings (SSSR count). The molecule has 108 valence electrons. The molecule has 0 aliphatic rings. The standard InChI is InChI=1S/C15H22N4O/c1-15(20,10-19(2)3)9-18-13-7-6-12(16)11-5-4-8-17-14(11)13/h4-8,18,20H,9-10,16H2,1-3H3. The molecule has 0 fully saturated rings. The monoisotopic (exact) mass is 274 g/mol. The molecule has 1 unspecified atom stereocenters. The van der Waals surface area contributed by atoms with E-state index in [-0.39, 0.29) is 0 Å². The smallest absolute Gasteiger partial charge is 0.0953 e. The molecule has 0 aliphatic heterocycles. The van der Waals surface area contributed by atoms with Crippen molar-refractivity contribution in [1.82, 2.24) is 9.88 Å². The van der Waals surface area contributed by atoms with Gasteiger partial charge >= 0.3 is 0 Å². The van der Waals surface area contributed by atoms with Gasteiger partial charge in [-0.1, -0.05) is 0 Å². The molecule has 1 aromatic carbocycles. The number of hydrogen-bond donors (Lipinski definition) is 3. The quantitative estimate of drug-likeness (QED) is 0.721. The molecular formula is C15H22N4O. The number of anilines is 2. The number of nitrogens with two attached hydrogens (primary N) is 1. The fraction of sp³-hybridized carbons (Fsp3) is 0.400. The summed E-state index contributed by atoms with van der Waals surface area (Å²) in [7, 11) is 3.88. The van der Waals surface area contributed by atoms with Gasteiger partial charge in [-0.25, -0.2) is 0 Å². The van der Waals surface area contributed by atoms with Gasteiger partial charge in [0.1, 0.15) is 0 Å². The maximum Gasteiger partial charge on any atom is 0.0953 e. The van der Waals surface area contributed by atoms with E-state index in [1.807, 2.05) is 50.2 Å². The SMILES string of the molecule is CN(C)CC(C)(O)CNc1ccc(N)c2cccnc12. The van der Waals surface area contributed by atoms with E-state index in [1.54, 1.807) is 6.20 Å². The number of nitrogens with one attached hydrogen (secondary N) is 1.